The van der Waals surface area contributed by atoms with Crippen LogP contribution in [0.1, 0.15) is 43.8 Å². The zero-order chi connectivity index (χ0) is 15.6. The fourth-order valence-corrected chi connectivity index (χ4v) is 2.22. The molecule has 0 radical (unpaired) electrons. The average Bonchev–Trinajstić information content (AvgIpc) is 2.79. The molecule has 1 aromatic heterocycles. The van der Waals surface area contributed by atoms with Gasteiger partial charge in [0.25, 0.3) is 0 Å². The Morgan fingerprint density at radius 2 is 2.14 bits per heavy atom. The third kappa shape index (κ3) is 3.78. The minimum atomic E-state index is -0.571. The Hall–Kier alpha value is -1.95. The van der Waals surface area contributed by atoms with Crippen LogP contribution >= 0.6 is 0 Å². The second-order valence-electron chi connectivity index (χ2n) is 6.24. The molecular weight excluding hydrogens is 273 g/mol. The lowest BCUT2D eigenvalue weighted by atomic mass is 9.86. The Morgan fingerprint density at radius 1 is 1.43 bits per heavy atom. The summed E-state index contributed by atoms with van der Waals surface area (Å²) in [4.78, 5) is 13.7. The van der Waals surface area contributed by atoms with Gasteiger partial charge in [-0.1, -0.05) is 38.1 Å². The number of H-pyrrole nitrogens is 1. The van der Waals surface area contributed by atoms with Crippen LogP contribution < -0.4 is 11.1 Å². The number of aromatic nitrogens is 2. The number of aryl methyl sites for hydroxylation is 1. The van der Waals surface area contributed by atoms with E-state index in [9.17, 15) is 9.18 Å². The van der Waals surface area contributed by atoms with Crippen molar-refractivity contribution in [1.29, 1.82) is 0 Å². The Balaban J connectivity index is 2.16. The summed E-state index contributed by atoms with van der Waals surface area (Å²) >= 11 is 0. The molecule has 1 atom stereocenters. The van der Waals surface area contributed by atoms with Gasteiger partial charge in [0.2, 0.25) is 0 Å². The first-order valence-corrected chi connectivity index (χ1v) is 6.81. The number of nitrogens with one attached hydrogen (secondary N) is 2. The van der Waals surface area contributed by atoms with Crippen LogP contribution in [0.25, 0.3) is 0 Å². The van der Waals surface area contributed by atoms with Gasteiger partial charge in [-0.25, -0.2) is 9.18 Å². The molecule has 1 unspecified atom stereocenters. The lowest BCUT2D eigenvalue weighted by molar-refractivity contribution is 0.251. The van der Waals surface area contributed by atoms with E-state index < -0.39 is 5.76 Å². The van der Waals surface area contributed by atoms with Gasteiger partial charge in [0.15, 0.2) is 5.82 Å². The van der Waals surface area contributed by atoms with Crippen LogP contribution in [0.2, 0.25) is 0 Å². The van der Waals surface area contributed by atoms with Crippen molar-refractivity contribution in [3.63, 3.8) is 0 Å². The van der Waals surface area contributed by atoms with Gasteiger partial charge in [-0.3, -0.25) is 9.51 Å². The highest BCUT2D eigenvalue weighted by Gasteiger charge is 2.29. The molecule has 1 aromatic carbocycles. The maximum absolute atomic E-state index is 13.3. The summed E-state index contributed by atoms with van der Waals surface area (Å²) in [7, 11) is 0. The van der Waals surface area contributed by atoms with Crippen LogP contribution in [0, 0.1) is 18.2 Å². The third-order valence-corrected chi connectivity index (χ3v) is 3.33. The van der Waals surface area contributed by atoms with Gasteiger partial charge in [-0.05, 0) is 29.5 Å². The molecule has 0 spiro atoms. The normalized spacial score (nSPS) is 13.4. The van der Waals surface area contributed by atoms with E-state index in [-0.39, 0.29) is 17.3 Å². The van der Waals surface area contributed by atoms with E-state index in [1.165, 1.54) is 6.07 Å². The van der Waals surface area contributed by atoms with Gasteiger partial charge < -0.3 is 5.32 Å². The molecule has 6 heteroatoms. The van der Waals surface area contributed by atoms with Crippen molar-refractivity contribution in [2.45, 2.75) is 40.3 Å². The van der Waals surface area contributed by atoms with Crippen LogP contribution in [-0.2, 0) is 6.54 Å². The Labute approximate surface area is 122 Å². The monoisotopic (exact) mass is 293 g/mol. The molecule has 0 amide bonds. The molecule has 0 aliphatic rings. The molecular formula is C15H20FN3O2. The smallest absolute Gasteiger partial charge is 0.303 e. The number of aromatic amines is 1. The standard InChI is InChI=1S/C15H20FN3O2/c1-9-7-10(5-6-11(9)16)8-17-12(15(2,3)4)13-18-14(20)21-19-13/h5-7,12,17H,8H2,1-4H3,(H,18,19,20). The molecule has 0 bridgehead atoms. The van der Waals surface area contributed by atoms with Crippen LogP contribution in [0.3, 0.4) is 0 Å². The zero-order valence-electron chi connectivity index (χ0n) is 12.7. The van der Waals surface area contributed by atoms with Crippen LogP contribution in [0.5, 0.6) is 0 Å². The molecule has 0 aliphatic carbocycles. The molecule has 2 aromatic rings. The summed E-state index contributed by atoms with van der Waals surface area (Å²) in [5.74, 6) is -0.322. The maximum atomic E-state index is 13.3. The number of benzene rings is 1. The molecule has 21 heavy (non-hydrogen) atoms. The van der Waals surface area contributed by atoms with Crippen LogP contribution in [0.4, 0.5) is 4.39 Å². The highest BCUT2D eigenvalue weighted by Crippen LogP contribution is 2.30. The number of hydrogen-bond acceptors (Lipinski definition) is 4. The second kappa shape index (κ2) is 5.81. The van der Waals surface area contributed by atoms with Crippen LogP contribution in [0.15, 0.2) is 27.5 Å². The van der Waals surface area contributed by atoms with E-state index in [1.807, 2.05) is 20.8 Å². The van der Waals surface area contributed by atoms with Crippen LogP contribution in [-0.4, -0.2) is 10.1 Å². The van der Waals surface area contributed by atoms with Gasteiger partial charge in [0.1, 0.15) is 5.82 Å². The number of nitrogens with zero attached hydrogens (tertiary/aromatic N) is 1. The lowest BCUT2D eigenvalue weighted by Gasteiger charge is -2.29. The SMILES string of the molecule is Cc1cc(CNC(c2noc(=O)[nH]2)C(C)(C)C)ccc1F. The van der Waals surface area contributed by atoms with Gasteiger partial charge in [0.05, 0.1) is 6.04 Å². The second-order valence-corrected chi connectivity index (χ2v) is 6.24. The minimum Gasteiger partial charge on any atom is -0.303 e. The Kier molecular flexibility index (Phi) is 4.27. The predicted molar refractivity (Wildman–Crippen MR) is 77.3 cm³/mol. The van der Waals surface area contributed by atoms with Crippen molar-refractivity contribution < 1.29 is 8.91 Å². The average molecular weight is 293 g/mol. The van der Waals surface area contributed by atoms with Crippen molar-refractivity contribution >= 4 is 0 Å². The highest BCUT2D eigenvalue weighted by atomic mass is 19.1. The Morgan fingerprint density at radius 3 is 2.67 bits per heavy atom. The first-order chi connectivity index (χ1) is 9.77. The van der Waals surface area contributed by atoms with Gasteiger partial charge in [-0.15, -0.1) is 0 Å². The fourth-order valence-electron chi connectivity index (χ4n) is 2.22. The molecule has 114 valence electrons. The van der Waals surface area contributed by atoms with Gasteiger partial charge in [-0.2, -0.15) is 0 Å². The van der Waals surface area contributed by atoms with E-state index in [1.54, 1.807) is 19.1 Å². The quantitative estimate of drug-likeness (QED) is 0.909. The topological polar surface area (TPSA) is 70.9 Å². The van der Waals surface area contributed by atoms with Gasteiger partial charge in [0, 0.05) is 6.54 Å². The molecule has 0 saturated carbocycles. The molecule has 1 heterocycles. The summed E-state index contributed by atoms with van der Waals surface area (Å²) in [5.41, 5.74) is 1.40. The summed E-state index contributed by atoms with van der Waals surface area (Å²) in [6.45, 7) is 8.38. The Bertz CT molecular complexity index is 670. The van der Waals surface area contributed by atoms with E-state index in [4.69, 9.17) is 0 Å². The largest absolute Gasteiger partial charge is 0.438 e. The fraction of sp³-hybridized carbons (Fsp3) is 0.467. The first kappa shape index (κ1) is 15.4. The zero-order valence-corrected chi connectivity index (χ0v) is 12.7. The van der Waals surface area contributed by atoms with E-state index >= 15 is 0 Å². The molecule has 2 N–H and O–H groups in total. The van der Waals surface area contributed by atoms with E-state index in [0.717, 1.165) is 5.56 Å². The minimum absolute atomic E-state index is 0.172. The van der Waals surface area contributed by atoms with Crippen molar-refractivity contribution in [3.05, 3.63) is 51.5 Å². The molecule has 0 saturated heterocycles. The summed E-state index contributed by atoms with van der Waals surface area (Å²) < 4.78 is 17.8. The molecule has 2 rings (SSSR count). The van der Waals surface area contributed by atoms with Gasteiger partial charge >= 0.3 is 5.76 Å². The summed E-state index contributed by atoms with van der Waals surface area (Å²) in [6, 6.07) is 4.80. The number of hydrogen-bond donors (Lipinski definition) is 2. The summed E-state index contributed by atoms with van der Waals surface area (Å²) in [6.07, 6.45) is 0. The molecule has 0 fully saturated rings. The third-order valence-electron chi connectivity index (χ3n) is 3.33. The predicted octanol–water partition coefficient (Wildman–Crippen LogP) is 2.69. The molecule has 0 aliphatic heterocycles. The van der Waals surface area contributed by atoms with E-state index in [0.29, 0.717) is 17.9 Å². The first-order valence-electron chi connectivity index (χ1n) is 6.81. The highest BCUT2D eigenvalue weighted by molar-refractivity contribution is 5.24. The summed E-state index contributed by atoms with van der Waals surface area (Å²) in [5, 5.41) is 7.10. The number of rotatable bonds is 4. The maximum Gasteiger partial charge on any atom is 0.438 e. The van der Waals surface area contributed by atoms with Crippen molar-refractivity contribution in [2.75, 3.05) is 0 Å². The van der Waals surface area contributed by atoms with E-state index in [2.05, 4.69) is 20.0 Å². The molecule has 5 nitrogen and oxygen atoms in total. The van der Waals surface area contributed by atoms with Crippen molar-refractivity contribution in [1.82, 2.24) is 15.5 Å². The number of halogens is 1. The van der Waals surface area contributed by atoms with Crippen molar-refractivity contribution in [2.24, 2.45) is 5.41 Å². The lowest BCUT2D eigenvalue weighted by Crippen LogP contribution is -2.33. The van der Waals surface area contributed by atoms with Crippen molar-refractivity contribution in [3.8, 4) is 0 Å².